The number of aliphatic hydroxyl groups excluding tert-OH is 2. The minimum Gasteiger partial charge on any atom is -0.780 e. The molecule has 220 valence electrons. The van der Waals surface area contributed by atoms with Crippen LogP contribution in [-0.4, -0.2) is 86.9 Å². The molecule has 41 heavy (non-hydrogen) atoms. The van der Waals surface area contributed by atoms with Gasteiger partial charge < -0.3 is 45.1 Å². The number of nitrogens with two attached hydrogens (primary N) is 2. The van der Waals surface area contributed by atoms with E-state index in [4.69, 9.17) is 41.8 Å². The third kappa shape index (κ3) is 5.25. The number of H-pyrrole nitrogens is 2. The second kappa shape index (κ2) is 10.5. The zero-order chi connectivity index (χ0) is 29.1. The van der Waals surface area contributed by atoms with Gasteiger partial charge in [-0.3, -0.25) is 28.7 Å². The highest BCUT2D eigenvalue weighted by molar-refractivity contribution is 8.06. The summed E-state index contributed by atoms with van der Waals surface area (Å²) in [6.45, 7) is -5.06. The lowest BCUT2D eigenvalue weighted by molar-refractivity contribution is -0.215. The molecule has 8 N–H and O–H groups in total. The molecule has 0 amide bonds. The average molecular weight is 612 g/mol. The number of nitrogens with zero attached hydrogens (tertiary/aromatic N) is 6. The van der Waals surface area contributed by atoms with Crippen molar-refractivity contribution in [2.45, 2.75) is 49.7 Å². The summed E-state index contributed by atoms with van der Waals surface area (Å²) in [5.41, 5.74) is 10.6. The minimum atomic E-state index is -4.18. The quantitative estimate of drug-likeness (QED) is 0.111. The summed E-state index contributed by atoms with van der Waals surface area (Å²) in [7, 11) is 0. The zero-order valence-electron chi connectivity index (χ0n) is 20.9. The molecule has 0 spiro atoms. The van der Waals surface area contributed by atoms with Gasteiger partial charge in [-0.2, -0.15) is 9.97 Å². The summed E-state index contributed by atoms with van der Waals surface area (Å²) in [5.74, 6) is -0.229. The fourth-order valence-electron chi connectivity index (χ4n) is 4.85. The summed E-state index contributed by atoms with van der Waals surface area (Å²) < 4.78 is 25.5. The van der Waals surface area contributed by atoms with Gasteiger partial charge in [0.1, 0.15) is 31.4 Å². The van der Waals surface area contributed by atoms with Gasteiger partial charge in [0.2, 0.25) is 11.9 Å². The lowest BCUT2D eigenvalue weighted by Gasteiger charge is -2.32. The van der Waals surface area contributed by atoms with Crippen molar-refractivity contribution in [1.82, 2.24) is 39.0 Å². The molecule has 2 saturated heterocycles. The molecule has 6 rings (SSSR count). The van der Waals surface area contributed by atoms with Crippen molar-refractivity contribution < 1.29 is 33.6 Å². The Bertz CT molecular complexity index is 1770. The van der Waals surface area contributed by atoms with Crippen molar-refractivity contribution in [3.05, 3.63) is 33.4 Å². The van der Waals surface area contributed by atoms with Crippen molar-refractivity contribution in [2.75, 3.05) is 24.7 Å². The van der Waals surface area contributed by atoms with Crippen LogP contribution in [0.5, 0.6) is 0 Å². The first kappa shape index (κ1) is 27.8. The van der Waals surface area contributed by atoms with Gasteiger partial charge in [-0.15, -0.1) is 0 Å². The predicted octanol–water partition coefficient (Wildman–Crippen LogP) is -2.67. The van der Waals surface area contributed by atoms with Crippen molar-refractivity contribution in [2.24, 2.45) is 0 Å². The second-order valence-corrected chi connectivity index (χ2v) is 12.1. The van der Waals surface area contributed by atoms with Gasteiger partial charge in [0.25, 0.3) is 11.1 Å². The first-order valence-electron chi connectivity index (χ1n) is 12.2. The number of hydrogen-bond donors (Lipinski definition) is 6. The number of aliphatic hydroxyl groups is 2. The Morgan fingerprint density at radius 3 is 2.12 bits per heavy atom. The molecule has 6 heterocycles. The van der Waals surface area contributed by atoms with Crippen LogP contribution in [0.2, 0.25) is 0 Å². The predicted molar refractivity (Wildman–Crippen MR) is 140 cm³/mol. The summed E-state index contributed by atoms with van der Waals surface area (Å²) in [5, 5.41) is 20.4. The van der Waals surface area contributed by atoms with Crippen molar-refractivity contribution in [1.29, 1.82) is 0 Å². The summed E-state index contributed by atoms with van der Waals surface area (Å²) in [6, 6.07) is 0. The Hall–Kier alpha value is -3.33. The van der Waals surface area contributed by atoms with Crippen LogP contribution in [0, 0.1) is 0 Å². The van der Waals surface area contributed by atoms with E-state index in [1.165, 1.54) is 21.8 Å². The van der Waals surface area contributed by atoms with Crippen LogP contribution in [0.15, 0.2) is 22.2 Å². The van der Waals surface area contributed by atoms with E-state index in [0.717, 1.165) is 0 Å². The third-order valence-electron chi connectivity index (χ3n) is 6.75. The van der Waals surface area contributed by atoms with Gasteiger partial charge in [0, 0.05) is 12.8 Å². The number of nitrogens with one attached hydrogen (secondary N) is 2. The van der Waals surface area contributed by atoms with Crippen LogP contribution in [0.4, 0.5) is 11.9 Å². The maximum Gasteiger partial charge on any atom is 0.280 e. The topological polar surface area (TPSA) is 280 Å². The molecule has 0 aromatic carbocycles. The standard InChI is InChI=1S/C20H25N10O9PS/c21-19-25-15-13(17(33)27-19)23-5-29(15)11-1-7(32)10(38-11)4-36-40(35,41)39-8-2-12(37-9(8)3-31)30-6-24-14-16(30)26-20(22)28-18(14)34/h5-12,31-32H,1-4H2,(H,35,41)(H3,21,25,27,33)(H3,22,26,28,34)/p-1/t7-,8-,9+,10+,11+,12+,40?/m0/s1. The van der Waals surface area contributed by atoms with E-state index < -0.39 is 61.3 Å². The Balaban J connectivity index is 1.11. The zero-order valence-corrected chi connectivity index (χ0v) is 22.6. The van der Waals surface area contributed by atoms with Crippen LogP contribution in [-0.2, 0) is 30.3 Å². The molecule has 0 bridgehead atoms. The van der Waals surface area contributed by atoms with Gasteiger partial charge >= 0.3 is 0 Å². The SMILES string of the molecule is Nc1nc2c(ncn2[C@H]2C[C@H](OP([O-])(=S)OC[C@H]3O[C@@H](n4cnc5c(=O)[nH]c(N)nc54)C[C@@H]3O)[C@@H](CO)O2)c(=O)[nH]1. The van der Waals surface area contributed by atoms with Crippen molar-refractivity contribution in [3.8, 4) is 0 Å². The van der Waals surface area contributed by atoms with Crippen LogP contribution in [0.3, 0.4) is 0 Å². The minimum absolute atomic E-state index is 0.0353. The maximum atomic E-state index is 13.1. The first-order valence-corrected chi connectivity index (χ1v) is 14.8. The lowest BCUT2D eigenvalue weighted by atomic mass is 10.2. The number of nitrogen functional groups attached to an aromatic ring is 2. The molecular weight excluding hydrogens is 587 g/mol. The molecular formula is C20H24N10O9PS-. The van der Waals surface area contributed by atoms with Gasteiger partial charge in [-0.1, -0.05) is 11.8 Å². The fourth-order valence-corrected chi connectivity index (χ4v) is 6.31. The number of ether oxygens (including phenoxy) is 2. The molecule has 4 aromatic rings. The normalized spacial score (nSPS) is 28.1. The molecule has 19 nitrogen and oxygen atoms in total. The fraction of sp³-hybridized carbons (Fsp3) is 0.500. The van der Waals surface area contributed by atoms with Gasteiger partial charge in [-0.05, 0) is 0 Å². The van der Waals surface area contributed by atoms with Crippen LogP contribution in [0.25, 0.3) is 22.3 Å². The van der Waals surface area contributed by atoms with E-state index in [0.29, 0.717) is 0 Å². The van der Waals surface area contributed by atoms with Crippen LogP contribution < -0.4 is 27.5 Å². The highest BCUT2D eigenvalue weighted by atomic mass is 32.5. The highest BCUT2D eigenvalue weighted by Gasteiger charge is 2.40. The third-order valence-corrected chi connectivity index (χ3v) is 8.32. The van der Waals surface area contributed by atoms with E-state index in [1.54, 1.807) is 0 Å². The molecule has 1 unspecified atom stereocenters. The van der Waals surface area contributed by atoms with Gasteiger partial charge in [0.05, 0.1) is 38.1 Å². The van der Waals surface area contributed by atoms with Crippen LogP contribution >= 0.6 is 6.72 Å². The molecule has 0 radical (unpaired) electrons. The number of anilines is 2. The molecule has 0 saturated carbocycles. The largest absolute Gasteiger partial charge is 0.780 e. The Kier molecular flexibility index (Phi) is 7.12. The Morgan fingerprint density at radius 2 is 1.56 bits per heavy atom. The first-order chi connectivity index (χ1) is 19.5. The number of aromatic amines is 2. The molecule has 2 aliphatic heterocycles. The monoisotopic (exact) mass is 611 g/mol. The molecule has 2 aliphatic rings. The number of imidazole rings is 2. The van der Waals surface area contributed by atoms with E-state index in [-0.39, 0.29) is 53.7 Å². The number of rotatable bonds is 8. The second-order valence-electron chi connectivity index (χ2n) is 9.42. The van der Waals surface area contributed by atoms with E-state index in [9.17, 15) is 24.7 Å². The molecule has 0 aliphatic carbocycles. The summed E-state index contributed by atoms with van der Waals surface area (Å²) in [6.07, 6.45) is -2.66. The van der Waals surface area contributed by atoms with E-state index >= 15 is 0 Å². The van der Waals surface area contributed by atoms with Crippen molar-refractivity contribution >= 4 is 52.7 Å². The average Bonchev–Trinajstić information content (AvgIpc) is 3.67. The summed E-state index contributed by atoms with van der Waals surface area (Å²) in [4.78, 5) is 58.2. The van der Waals surface area contributed by atoms with Gasteiger partial charge in [0.15, 0.2) is 22.3 Å². The molecule has 2 fully saturated rings. The molecule has 4 aromatic heterocycles. The highest BCUT2D eigenvalue weighted by Crippen LogP contribution is 2.46. The van der Waals surface area contributed by atoms with E-state index in [1.807, 2.05) is 0 Å². The van der Waals surface area contributed by atoms with E-state index in [2.05, 4.69) is 29.9 Å². The summed E-state index contributed by atoms with van der Waals surface area (Å²) >= 11 is 5.07. The smallest absolute Gasteiger partial charge is 0.280 e. The number of hydrogen-bond acceptors (Lipinski definition) is 16. The lowest BCUT2D eigenvalue weighted by Crippen LogP contribution is -2.31. The van der Waals surface area contributed by atoms with Crippen molar-refractivity contribution in [3.63, 3.8) is 0 Å². The Labute approximate surface area is 233 Å². The molecule has 21 heteroatoms. The molecule has 7 atom stereocenters. The maximum absolute atomic E-state index is 13.1. The van der Waals surface area contributed by atoms with Gasteiger partial charge in [-0.25, -0.2) is 9.97 Å². The Morgan fingerprint density at radius 1 is 1.02 bits per heavy atom. The number of aromatic nitrogens is 8. The van der Waals surface area contributed by atoms with Crippen LogP contribution in [0.1, 0.15) is 25.3 Å². The number of fused-ring (bicyclic) bond motifs is 2.